The molecule has 0 N–H and O–H groups in total. The molecule has 0 fully saturated rings. The maximum absolute atomic E-state index is 6.36. The zero-order chi connectivity index (χ0) is 15.1. The Bertz CT molecular complexity index is 837. The van der Waals surface area contributed by atoms with Crippen LogP contribution in [0.4, 0.5) is 0 Å². The van der Waals surface area contributed by atoms with Crippen LogP contribution in [0.3, 0.4) is 0 Å². The quantitative estimate of drug-likeness (QED) is 0.552. The molecule has 0 aliphatic heterocycles. The van der Waals surface area contributed by atoms with E-state index in [4.69, 9.17) is 23.2 Å². The number of rotatable bonds is 1. The summed E-state index contributed by atoms with van der Waals surface area (Å²) in [5.41, 5.74) is 5.01. The van der Waals surface area contributed by atoms with Crippen molar-refractivity contribution in [3.05, 3.63) is 57.2 Å². The fourth-order valence-corrected chi connectivity index (χ4v) is 3.07. The van der Waals surface area contributed by atoms with Crippen LogP contribution in [0.1, 0.15) is 16.7 Å². The smallest absolute Gasteiger partial charge is 0.161 e. The Labute approximate surface area is 133 Å². The van der Waals surface area contributed by atoms with Crippen LogP contribution in [-0.2, 0) is 0 Å². The number of benzene rings is 2. The number of hydrogen-bond acceptors (Lipinski definition) is 2. The molecule has 106 valence electrons. The largest absolute Gasteiger partial charge is 0.226 e. The van der Waals surface area contributed by atoms with E-state index in [0.29, 0.717) is 21.5 Å². The van der Waals surface area contributed by atoms with Crippen molar-refractivity contribution in [1.29, 1.82) is 0 Å². The molecular formula is C17H14Cl2N2. The number of fused-ring (bicyclic) bond motifs is 1. The van der Waals surface area contributed by atoms with Crippen LogP contribution < -0.4 is 0 Å². The summed E-state index contributed by atoms with van der Waals surface area (Å²) in [6.07, 6.45) is 0. The second-order valence-corrected chi connectivity index (χ2v) is 6.07. The van der Waals surface area contributed by atoms with Gasteiger partial charge in [-0.15, -0.1) is 0 Å². The number of nitrogens with zero attached hydrogens (tertiary/aromatic N) is 2. The molecule has 0 spiro atoms. The zero-order valence-corrected chi connectivity index (χ0v) is 13.5. The van der Waals surface area contributed by atoms with Crippen LogP contribution in [0, 0.1) is 20.8 Å². The molecule has 0 amide bonds. The Hall–Kier alpha value is -1.64. The number of hydrogen-bond donors (Lipinski definition) is 0. The van der Waals surface area contributed by atoms with Crippen molar-refractivity contribution in [2.24, 2.45) is 0 Å². The van der Waals surface area contributed by atoms with Gasteiger partial charge in [0.1, 0.15) is 5.15 Å². The summed E-state index contributed by atoms with van der Waals surface area (Å²) in [4.78, 5) is 9.07. The molecule has 0 bridgehead atoms. The van der Waals surface area contributed by atoms with Crippen LogP contribution in [0.5, 0.6) is 0 Å². The number of aromatic nitrogens is 2. The highest BCUT2D eigenvalue weighted by atomic mass is 35.5. The van der Waals surface area contributed by atoms with Crippen molar-refractivity contribution in [3.63, 3.8) is 0 Å². The lowest BCUT2D eigenvalue weighted by Gasteiger charge is -2.09. The van der Waals surface area contributed by atoms with Gasteiger partial charge in [0.2, 0.25) is 0 Å². The van der Waals surface area contributed by atoms with Gasteiger partial charge >= 0.3 is 0 Å². The van der Waals surface area contributed by atoms with Gasteiger partial charge in [-0.3, -0.25) is 0 Å². The van der Waals surface area contributed by atoms with Crippen molar-refractivity contribution in [2.75, 3.05) is 0 Å². The third-order valence-electron chi connectivity index (χ3n) is 3.44. The first-order valence-corrected chi connectivity index (χ1v) is 7.42. The van der Waals surface area contributed by atoms with Gasteiger partial charge in [-0.25, -0.2) is 9.97 Å². The Kier molecular flexibility index (Phi) is 3.60. The second-order valence-electron chi connectivity index (χ2n) is 5.30. The Morgan fingerprint density at radius 2 is 1.52 bits per heavy atom. The van der Waals surface area contributed by atoms with E-state index in [9.17, 15) is 0 Å². The first-order valence-electron chi connectivity index (χ1n) is 6.67. The van der Waals surface area contributed by atoms with Gasteiger partial charge in [0.25, 0.3) is 0 Å². The van der Waals surface area contributed by atoms with Crippen LogP contribution >= 0.6 is 23.2 Å². The summed E-state index contributed by atoms with van der Waals surface area (Å²) in [5.74, 6) is 0.604. The first kappa shape index (κ1) is 14.3. The minimum Gasteiger partial charge on any atom is -0.226 e. The minimum absolute atomic E-state index is 0.439. The Morgan fingerprint density at radius 1 is 0.857 bits per heavy atom. The van der Waals surface area contributed by atoms with Crippen LogP contribution in [0.25, 0.3) is 22.3 Å². The van der Waals surface area contributed by atoms with Crippen molar-refractivity contribution in [3.8, 4) is 11.4 Å². The van der Waals surface area contributed by atoms with Crippen molar-refractivity contribution in [1.82, 2.24) is 9.97 Å². The van der Waals surface area contributed by atoms with Crippen LogP contribution in [0.2, 0.25) is 10.2 Å². The van der Waals surface area contributed by atoms with Gasteiger partial charge in [-0.2, -0.15) is 0 Å². The van der Waals surface area contributed by atoms with Crippen molar-refractivity contribution < 1.29 is 0 Å². The van der Waals surface area contributed by atoms with E-state index >= 15 is 0 Å². The highest BCUT2D eigenvalue weighted by Gasteiger charge is 2.13. The van der Waals surface area contributed by atoms with E-state index in [1.54, 1.807) is 0 Å². The molecule has 0 saturated carbocycles. The van der Waals surface area contributed by atoms with Gasteiger partial charge in [0, 0.05) is 10.9 Å². The molecule has 2 nitrogen and oxygen atoms in total. The predicted octanol–water partition coefficient (Wildman–Crippen LogP) is 5.53. The van der Waals surface area contributed by atoms with E-state index in [0.717, 1.165) is 16.5 Å². The molecule has 0 unspecified atom stereocenters. The maximum Gasteiger partial charge on any atom is 0.161 e. The highest BCUT2D eigenvalue weighted by molar-refractivity contribution is 6.38. The topological polar surface area (TPSA) is 25.8 Å². The van der Waals surface area contributed by atoms with E-state index in [1.165, 1.54) is 11.1 Å². The third-order valence-corrected chi connectivity index (χ3v) is 4.02. The maximum atomic E-state index is 6.36. The molecule has 0 aliphatic carbocycles. The zero-order valence-electron chi connectivity index (χ0n) is 12.0. The summed E-state index contributed by atoms with van der Waals surface area (Å²) in [5, 5.41) is 1.84. The molecular weight excluding hydrogens is 303 g/mol. The minimum atomic E-state index is 0.439. The molecule has 3 rings (SSSR count). The normalized spacial score (nSPS) is 11.1. The van der Waals surface area contributed by atoms with E-state index in [1.807, 2.05) is 31.2 Å². The van der Waals surface area contributed by atoms with E-state index < -0.39 is 0 Å². The summed E-state index contributed by atoms with van der Waals surface area (Å²) in [6, 6.07) is 9.98. The lowest BCUT2D eigenvalue weighted by Crippen LogP contribution is -1.95. The predicted molar refractivity (Wildman–Crippen MR) is 89.2 cm³/mol. The Balaban J connectivity index is 2.32. The standard InChI is InChI=1S/C17H14Cl2N2/c1-9-6-10(2)8-12(7-9)17-20-15-13(18)5-4-11(3)14(15)16(19)21-17/h4-8H,1-3H3. The average Bonchev–Trinajstić information content (AvgIpc) is 2.41. The van der Waals surface area contributed by atoms with Gasteiger partial charge in [-0.1, -0.05) is 46.5 Å². The summed E-state index contributed by atoms with van der Waals surface area (Å²) < 4.78 is 0. The summed E-state index contributed by atoms with van der Waals surface area (Å²) in [7, 11) is 0. The lowest BCUT2D eigenvalue weighted by atomic mass is 10.1. The molecule has 4 heteroatoms. The summed E-state index contributed by atoms with van der Waals surface area (Å²) in [6.45, 7) is 6.08. The van der Waals surface area contributed by atoms with E-state index in [-0.39, 0.29) is 0 Å². The molecule has 21 heavy (non-hydrogen) atoms. The number of halogens is 2. The fraction of sp³-hybridized carbons (Fsp3) is 0.176. The fourth-order valence-electron chi connectivity index (χ4n) is 2.55. The van der Waals surface area contributed by atoms with E-state index in [2.05, 4.69) is 29.9 Å². The third kappa shape index (κ3) is 2.61. The number of aryl methyl sites for hydroxylation is 3. The van der Waals surface area contributed by atoms with Crippen LogP contribution in [0.15, 0.2) is 30.3 Å². The average molecular weight is 317 g/mol. The molecule has 0 atom stereocenters. The SMILES string of the molecule is Cc1cc(C)cc(-c2nc(Cl)c3c(C)ccc(Cl)c3n2)c1. The van der Waals surface area contributed by atoms with Crippen molar-refractivity contribution >= 4 is 34.1 Å². The molecule has 3 aromatic rings. The van der Waals surface area contributed by atoms with Gasteiger partial charge < -0.3 is 0 Å². The van der Waals surface area contributed by atoms with Crippen molar-refractivity contribution in [2.45, 2.75) is 20.8 Å². The molecule has 0 saturated heterocycles. The molecule has 1 aromatic heterocycles. The highest BCUT2D eigenvalue weighted by Crippen LogP contribution is 2.32. The lowest BCUT2D eigenvalue weighted by molar-refractivity contribution is 1.21. The molecule has 0 aliphatic rings. The first-order chi connectivity index (χ1) is 9.95. The molecule has 0 radical (unpaired) electrons. The van der Waals surface area contributed by atoms with Gasteiger partial charge in [-0.05, 0) is 44.5 Å². The van der Waals surface area contributed by atoms with Gasteiger partial charge in [0.05, 0.1) is 10.5 Å². The summed E-state index contributed by atoms with van der Waals surface area (Å²) >= 11 is 12.6. The molecule has 1 heterocycles. The second kappa shape index (κ2) is 5.28. The molecule has 2 aromatic carbocycles. The monoisotopic (exact) mass is 316 g/mol. The van der Waals surface area contributed by atoms with Crippen LogP contribution in [-0.4, -0.2) is 9.97 Å². The van der Waals surface area contributed by atoms with Gasteiger partial charge in [0.15, 0.2) is 5.82 Å². The Morgan fingerprint density at radius 3 is 2.19 bits per heavy atom.